The van der Waals surface area contributed by atoms with E-state index >= 15 is 0 Å². The number of carboxylic acid groups (broad SMARTS) is 1. The van der Waals surface area contributed by atoms with Crippen LogP contribution < -0.4 is 10.1 Å². The topological polar surface area (TPSA) is 75.6 Å². The van der Waals surface area contributed by atoms with Crippen LogP contribution in [0.3, 0.4) is 0 Å². The minimum atomic E-state index is -0.895. The molecule has 0 aliphatic heterocycles. The van der Waals surface area contributed by atoms with Crippen LogP contribution >= 0.6 is 0 Å². The normalized spacial score (nSPS) is 28.6. The molecule has 5 nitrogen and oxygen atoms in total. The van der Waals surface area contributed by atoms with Crippen LogP contribution in [0.15, 0.2) is 30.4 Å². The fraction of sp³-hybridized carbons (Fsp3) is 0.412. The molecular weight excluding hydrogens is 282 g/mol. The summed E-state index contributed by atoms with van der Waals surface area (Å²) in [5, 5.41) is 12.3. The zero-order valence-corrected chi connectivity index (χ0v) is 12.6. The Morgan fingerprint density at radius 2 is 1.91 bits per heavy atom. The molecule has 116 valence electrons. The molecule has 1 aromatic carbocycles. The van der Waals surface area contributed by atoms with Gasteiger partial charge in [-0.3, -0.25) is 9.59 Å². The Morgan fingerprint density at radius 1 is 1.23 bits per heavy atom. The summed E-state index contributed by atoms with van der Waals surface area (Å²) in [4.78, 5) is 24.1. The Hall–Kier alpha value is -2.30. The number of aliphatic carboxylic acids is 1. The molecule has 22 heavy (non-hydrogen) atoms. The van der Waals surface area contributed by atoms with Crippen molar-refractivity contribution in [1.29, 1.82) is 0 Å². The molecule has 1 fully saturated rings. The van der Waals surface area contributed by atoms with Gasteiger partial charge in [-0.2, -0.15) is 0 Å². The van der Waals surface area contributed by atoms with Gasteiger partial charge in [-0.05, 0) is 42.9 Å². The summed E-state index contributed by atoms with van der Waals surface area (Å²) in [6, 6.07) is 5.52. The maximum atomic E-state index is 12.6. The molecule has 1 aromatic rings. The van der Waals surface area contributed by atoms with E-state index in [9.17, 15) is 14.7 Å². The Balaban J connectivity index is 1.84. The highest BCUT2D eigenvalue weighted by atomic mass is 16.5. The molecule has 4 atom stereocenters. The lowest BCUT2D eigenvalue weighted by molar-refractivity contribution is -0.146. The van der Waals surface area contributed by atoms with Crippen molar-refractivity contribution < 1.29 is 19.4 Å². The fourth-order valence-electron chi connectivity index (χ4n) is 3.65. The first-order valence-corrected chi connectivity index (χ1v) is 7.38. The summed E-state index contributed by atoms with van der Waals surface area (Å²) < 4.78 is 5.26. The van der Waals surface area contributed by atoms with Crippen LogP contribution in [0.1, 0.15) is 12.0 Å². The summed E-state index contributed by atoms with van der Waals surface area (Å²) in [7, 11) is 1.54. The van der Waals surface area contributed by atoms with Gasteiger partial charge in [-0.15, -0.1) is 0 Å². The molecule has 1 amide bonds. The number of carbonyl (C=O) groups is 2. The number of anilines is 1. The number of carbonyl (C=O) groups excluding carboxylic acids is 1. The monoisotopic (exact) mass is 301 g/mol. The van der Waals surface area contributed by atoms with Crippen molar-refractivity contribution in [1.82, 2.24) is 0 Å². The lowest BCUT2D eigenvalue weighted by Crippen LogP contribution is -2.36. The number of ether oxygens (including phenoxy) is 1. The van der Waals surface area contributed by atoms with Crippen LogP contribution in [0, 0.1) is 30.6 Å². The van der Waals surface area contributed by atoms with E-state index in [1.165, 1.54) is 0 Å². The number of methoxy groups -OCH3 is 1. The second kappa shape index (κ2) is 5.48. The quantitative estimate of drug-likeness (QED) is 0.838. The maximum absolute atomic E-state index is 12.6. The second-order valence-corrected chi connectivity index (χ2v) is 6.03. The van der Waals surface area contributed by atoms with E-state index < -0.39 is 17.8 Å². The molecule has 0 aromatic heterocycles. The van der Waals surface area contributed by atoms with Crippen LogP contribution in [0.2, 0.25) is 0 Å². The number of rotatable bonds is 4. The van der Waals surface area contributed by atoms with Crippen LogP contribution in [-0.4, -0.2) is 24.1 Å². The number of amides is 1. The van der Waals surface area contributed by atoms with Crippen LogP contribution in [0.25, 0.3) is 0 Å². The van der Waals surface area contributed by atoms with Crippen LogP contribution in [0.4, 0.5) is 5.69 Å². The number of allylic oxidation sites excluding steroid dienone is 2. The first kappa shape index (κ1) is 14.6. The number of benzene rings is 1. The van der Waals surface area contributed by atoms with Gasteiger partial charge in [0.25, 0.3) is 0 Å². The average molecular weight is 301 g/mol. The molecular formula is C17H19NO4. The van der Waals surface area contributed by atoms with Crippen molar-refractivity contribution in [3.05, 3.63) is 35.9 Å². The molecule has 1 saturated carbocycles. The van der Waals surface area contributed by atoms with Crippen molar-refractivity contribution in [2.24, 2.45) is 23.7 Å². The Morgan fingerprint density at radius 3 is 2.55 bits per heavy atom. The zero-order valence-electron chi connectivity index (χ0n) is 12.6. The number of carboxylic acids is 1. The summed E-state index contributed by atoms with van der Waals surface area (Å²) >= 11 is 0. The minimum absolute atomic E-state index is 0.0157. The van der Waals surface area contributed by atoms with E-state index in [1.54, 1.807) is 13.2 Å². The van der Waals surface area contributed by atoms with Crippen molar-refractivity contribution in [2.75, 3.05) is 12.4 Å². The van der Waals surface area contributed by atoms with Crippen molar-refractivity contribution in [3.63, 3.8) is 0 Å². The summed E-state index contributed by atoms with van der Waals surface area (Å²) in [5.41, 5.74) is 1.59. The lowest BCUT2D eigenvalue weighted by Gasteiger charge is -2.24. The Bertz CT molecular complexity index is 652. The number of nitrogens with one attached hydrogen (secondary N) is 1. The molecule has 2 aliphatic rings. The van der Waals surface area contributed by atoms with E-state index in [0.29, 0.717) is 11.4 Å². The predicted molar refractivity (Wildman–Crippen MR) is 81.7 cm³/mol. The highest BCUT2D eigenvalue weighted by Gasteiger charge is 2.51. The molecule has 2 N–H and O–H groups in total. The third kappa shape index (κ3) is 2.36. The summed E-state index contributed by atoms with van der Waals surface area (Å²) in [6.07, 6.45) is 4.66. The number of hydrogen-bond acceptors (Lipinski definition) is 3. The first-order chi connectivity index (χ1) is 10.5. The summed E-state index contributed by atoms with van der Waals surface area (Å²) in [5.74, 6) is -1.73. The van der Waals surface area contributed by atoms with Gasteiger partial charge in [-0.1, -0.05) is 18.2 Å². The maximum Gasteiger partial charge on any atom is 0.307 e. The molecule has 0 spiro atoms. The standard InChI is InChI=1S/C17H19NO4/c1-9-3-6-13(22-2)12(7-9)18-16(19)14-10-4-5-11(8-10)15(14)17(20)21/h3-7,10-11,14-15H,8H2,1-2H3,(H,18,19)(H,20,21)/t10-,11-,14-,15-/m0/s1. The molecule has 0 heterocycles. The van der Waals surface area contributed by atoms with Gasteiger partial charge >= 0.3 is 5.97 Å². The number of aryl methyl sites for hydroxylation is 1. The summed E-state index contributed by atoms with van der Waals surface area (Å²) in [6.45, 7) is 1.93. The zero-order chi connectivity index (χ0) is 15.9. The SMILES string of the molecule is COc1ccc(C)cc1NC(=O)[C@@H]1[C@@H](C(=O)O)[C@H]2C=C[C@H]1C2. The molecule has 0 unspecified atom stereocenters. The van der Waals surface area contributed by atoms with Gasteiger partial charge in [0.05, 0.1) is 24.6 Å². The van der Waals surface area contributed by atoms with Gasteiger partial charge < -0.3 is 15.2 Å². The van der Waals surface area contributed by atoms with Gasteiger partial charge in [0.1, 0.15) is 5.75 Å². The van der Waals surface area contributed by atoms with Crippen molar-refractivity contribution >= 4 is 17.6 Å². The highest BCUT2D eigenvalue weighted by molar-refractivity contribution is 5.97. The molecule has 3 rings (SSSR count). The van der Waals surface area contributed by atoms with Gasteiger partial charge in [0.15, 0.2) is 0 Å². The van der Waals surface area contributed by atoms with Crippen LogP contribution in [0.5, 0.6) is 5.75 Å². The molecule has 5 heteroatoms. The van der Waals surface area contributed by atoms with E-state index in [2.05, 4.69) is 5.32 Å². The number of hydrogen-bond donors (Lipinski definition) is 2. The predicted octanol–water partition coefficient (Wildman–Crippen LogP) is 2.47. The first-order valence-electron chi connectivity index (χ1n) is 7.38. The van der Waals surface area contributed by atoms with Gasteiger partial charge in [-0.25, -0.2) is 0 Å². The van der Waals surface area contributed by atoms with Crippen LogP contribution in [-0.2, 0) is 9.59 Å². The number of fused-ring (bicyclic) bond motifs is 2. The second-order valence-electron chi connectivity index (χ2n) is 6.03. The molecule has 2 aliphatic carbocycles. The molecule has 0 saturated heterocycles. The largest absolute Gasteiger partial charge is 0.495 e. The molecule has 0 radical (unpaired) electrons. The third-order valence-corrected chi connectivity index (χ3v) is 4.66. The lowest BCUT2D eigenvalue weighted by atomic mass is 9.82. The smallest absolute Gasteiger partial charge is 0.307 e. The molecule has 2 bridgehead atoms. The highest BCUT2D eigenvalue weighted by Crippen LogP contribution is 2.48. The van der Waals surface area contributed by atoms with E-state index in [4.69, 9.17) is 4.74 Å². The van der Waals surface area contributed by atoms with Gasteiger partial charge in [0, 0.05) is 0 Å². The van der Waals surface area contributed by atoms with E-state index in [-0.39, 0.29) is 17.7 Å². The minimum Gasteiger partial charge on any atom is -0.495 e. The van der Waals surface area contributed by atoms with E-state index in [0.717, 1.165) is 12.0 Å². The van der Waals surface area contributed by atoms with Gasteiger partial charge in [0.2, 0.25) is 5.91 Å². The Labute approximate surface area is 129 Å². The van der Waals surface area contributed by atoms with E-state index in [1.807, 2.05) is 31.2 Å². The van der Waals surface area contributed by atoms with Crippen molar-refractivity contribution in [3.8, 4) is 5.75 Å². The Kier molecular flexibility index (Phi) is 3.64. The third-order valence-electron chi connectivity index (χ3n) is 4.66. The van der Waals surface area contributed by atoms with Crippen molar-refractivity contribution in [2.45, 2.75) is 13.3 Å². The fourth-order valence-corrected chi connectivity index (χ4v) is 3.65. The average Bonchev–Trinajstić information content (AvgIpc) is 3.08.